The van der Waals surface area contributed by atoms with Crippen molar-refractivity contribution in [1.29, 1.82) is 0 Å². The van der Waals surface area contributed by atoms with Crippen molar-refractivity contribution in [2.45, 2.75) is 44.4 Å². The van der Waals surface area contributed by atoms with Gasteiger partial charge < -0.3 is 9.64 Å². The third kappa shape index (κ3) is 8.79. The molecule has 2 nitrogen and oxygen atoms in total. The van der Waals surface area contributed by atoms with Gasteiger partial charge in [0.05, 0.1) is 5.56 Å². The maximum atomic E-state index is 12.8. The number of hydrogen-bond donors (Lipinski definition) is 0. The summed E-state index contributed by atoms with van der Waals surface area (Å²) < 4.78 is 44.4. The summed E-state index contributed by atoms with van der Waals surface area (Å²) in [5.74, 6) is 0.448. The molecular weight excluding hydrogens is 443 g/mol. The molecule has 0 bridgehead atoms. The highest BCUT2D eigenvalue weighted by molar-refractivity contribution is 9.09. The van der Waals surface area contributed by atoms with E-state index in [-0.39, 0.29) is 6.10 Å². The van der Waals surface area contributed by atoms with E-state index in [4.69, 9.17) is 4.74 Å². The summed E-state index contributed by atoms with van der Waals surface area (Å²) in [5.41, 5.74) is 0.360. The van der Waals surface area contributed by atoms with Crippen LogP contribution in [0.25, 0.3) is 0 Å². The summed E-state index contributed by atoms with van der Waals surface area (Å²) in [7, 11) is 2.10. The molecule has 0 aromatic heterocycles. The SMILES string of the molecule is CN(CCCCCCBr)CCC(Oc1ccc(C(F)(F)F)cc1)c1ccccc1. The van der Waals surface area contributed by atoms with Crippen LogP contribution < -0.4 is 4.74 Å². The molecule has 0 saturated heterocycles. The molecule has 0 spiro atoms. The van der Waals surface area contributed by atoms with Crippen LogP contribution in [0.15, 0.2) is 54.6 Å². The van der Waals surface area contributed by atoms with Gasteiger partial charge in [0, 0.05) is 18.3 Å². The van der Waals surface area contributed by atoms with E-state index < -0.39 is 11.7 Å². The first-order valence-corrected chi connectivity index (χ1v) is 11.2. The van der Waals surface area contributed by atoms with Crippen LogP contribution in [0.5, 0.6) is 5.75 Å². The summed E-state index contributed by atoms with van der Waals surface area (Å²) in [6, 6.07) is 14.8. The lowest BCUT2D eigenvalue weighted by molar-refractivity contribution is -0.137. The van der Waals surface area contributed by atoms with Crippen molar-refractivity contribution in [3.05, 3.63) is 65.7 Å². The molecule has 2 rings (SSSR count). The average molecular weight is 472 g/mol. The molecule has 0 aliphatic heterocycles. The molecule has 0 aliphatic carbocycles. The second-order valence-electron chi connectivity index (χ2n) is 7.23. The molecule has 0 fully saturated rings. The number of rotatable bonds is 12. The number of nitrogens with zero attached hydrogens (tertiary/aromatic N) is 1. The Morgan fingerprint density at radius 1 is 0.897 bits per heavy atom. The smallest absolute Gasteiger partial charge is 0.416 e. The zero-order valence-electron chi connectivity index (χ0n) is 16.8. The fourth-order valence-corrected chi connectivity index (χ4v) is 3.52. The van der Waals surface area contributed by atoms with Crippen LogP contribution in [-0.4, -0.2) is 30.4 Å². The Balaban J connectivity index is 1.94. The molecular formula is C23H29BrF3NO. The topological polar surface area (TPSA) is 12.5 Å². The van der Waals surface area contributed by atoms with Crippen molar-refractivity contribution in [1.82, 2.24) is 4.90 Å². The van der Waals surface area contributed by atoms with Gasteiger partial charge in [-0.1, -0.05) is 59.1 Å². The van der Waals surface area contributed by atoms with E-state index in [0.29, 0.717) is 5.75 Å². The second-order valence-corrected chi connectivity index (χ2v) is 8.03. The molecule has 2 aromatic rings. The molecule has 29 heavy (non-hydrogen) atoms. The maximum absolute atomic E-state index is 12.8. The van der Waals surface area contributed by atoms with Crippen LogP contribution in [0.1, 0.15) is 49.3 Å². The normalized spacial score (nSPS) is 12.9. The van der Waals surface area contributed by atoms with E-state index in [0.717, 1.165) is 42.5 Å². The zero-order valence-corrected chi connectivity index (χ0v) is 18.4. The van der Waals surface area contributed by atoms with Crippen molar-refractivity contribution < 1.29 is 17.9 Å². The summed E-state index contributed by atoms with van der Waals surface area (Å²) >= 11 is 3.45. The standard InChI is InChI=1S/C23H29BrF3NO/c1-28(17-8-3-2-7-16-24)18-15-22(19-9-5-4-6-10-19)29-21-13-11-20(12-14-21)23(25,26)27/h4-6,9-14,22H,2-3,7-8,15-18H2,1H3. The van der Waals surface area contributed by atoms with Gasteiger partial charge >= 0.3 is 6.18 Å². The van der Waals surface area contributed by atoms with Gasteiger partial charge in [0.25, 0.3) is 0 Å². The quantitative estimate of drug-likeness (QED) is 0.241. The molecule has 0 radical (unpaired) electrons. The maximum Gasteiger partial charge on any atom is 0.416 e. The van der Waals surface area contributed by atoms with Gasteiger partial charge in [0.1, 0.15) is 11.9 Å². The third-order valence-electron chi connectivity index (χ3n) is 4.83. The molecule has 2 aromatic carbocycles. The lowest BCUT2D eigenvalue weighted by atomic mass is 10.1. The summed E-state index contributed by atoms with van der Waals surface area (Å²) in [6.45, 7) is 1.89. The molecule has 6 heteroatoms. The predicted octanol–water partition coefficient (Wildman–Crippen LogP) is 7.10. The van der Waals surface area contributed by atoms with Crippen molar-refractivity contribution in [3.8, 4) is 5.75 Å². The second kappa shape index (κ2) is 12.2. The van der Waals surface area contributed by atoms with Crippen LogP contribution in [0.4, 0.5) is 13.2 Å². The fraction of sp³-hybridized carbons (Fsp3) is 0.478. The summed E-state index contributed by atoms with van der Waals surface area (Å²) in [4.78, 5) is 2.29. The number of hydrogen-bond acceptors (Lipinski definition) is 2. The van der Waals surface area contributed by atoms with Crippen LogP contribution in [0.3, 0.4) is 0 Å². The predicted molar refractivity (Wildman–Crippen MR) is 116 cm³/mol. The molecule has 0 aliphatic rings. The van der Waals surface area contributed by atoms with Crippen molar-refractivity contribution in [2.75, 3.05) is 25.5 Å². The summed E-state index contributed by atoms with van der Waals surface area (Å²) in [6.07, 6.45) is 1.06. The van der Waals surface area contributed by atoms with Gasteiger partial charge in [-0.25, -0.2) is 0 Å². The van der Waals surface area contributed by atoms with E-state index in [1.807, 2.05) is 30.3 Å². The largest absolute Gasteiger partial charge is 0.486 e. The van der Waals surface area contributed by atoms with Gasteiger partial charge in [-0.05, 0) is 56.3 Å². The minimum atomic E-state index is -4.34. The van der Waals surface area contributed by atoms with E-state index in [9.17, 15) is 13.2 Å². The lowest BCUT2D eigenvalue weighted by Gasteiger charge is -2.23. The Morgan fingerprint density at radius 3 is 2.17 bits per heavy atom. The first kappa shape index (κ1) is 23.7. The molecule has 160 valence electrons. The van der Waals surface area contributed by atoms with E-state index in [1.54, 1.807) is 0 Å². The van der Waals surface area contributed by atoms with Crippen LogP contribution in [-0.2, 0) is 6.18 Å². The van der Waals surface area contributed by atoms with Gasteiger partial charge in [0.15, 0.2) is 0 Å². The molecule has 1 atom stereocenters. The number of unbranched alkanes of at least 4 members (excludes halogenated alkanes) is 3. The molecule has 0 N–H and O–H groups in total. The molecule has 1 unspecified atom stereocenters. The van der Waals surface area contributed by atoms with Crippen molar-refractivity contribution >= 4 is 15.9 Å². The highest BCUT2D eigenvalue weighted by Crippen LogP contribution is 2.32. The van der Waals surface area contributed by atoms with E-state index in [1.165, 1.54) is 37.8 Å². The van der Waals surface area contributed by atoms with Crippen molar-refractivity contribution in [2.24, 2.45) is 0 Å². The van der Waals surface area contributed by atoms with Crippen molar-refractivity contribution in [3.63, 3.8) is 0 Å². The number of halogens is 4. The summed E-state index contributed by atoms with van der Waals surface area (Å²) in [5, 5.41) is 1.06. The number of ether oxygens (including phenoxy) is 1. The molecule has 0 saturated carbocycles. The Morgan fingerprint density at radius 2 is 1.55 bits per heavy atom. The Labute approximate surface area is 180 Å². The van der Waals surface area contributed by atoms with Gasteiger partial charge in [-0.3, -0.25) is 0 Å². The lowest BCUT2D eigenvalue weighted by Crippen LogP contribution is -2.24. The number of benzene rings is 2. The fourth-order valence-electron chi connectivity index (χ4n) is 3.13. The zero-order chi connectivity index (χ0) is 21.1. The molecule has 0 heterocycles. The first-order valence-electron chi connectivity index (χ1n) is 10.0. The van der Waals surface area contributed by atoms with Gasteiger partial charge in [-0.2, -0.15) is 13.2 Å². The first-order chi connectivity index (χ1) is 13.9. The Bertz CT molecular complexity index is 692. The van der Waals surface area contributed by atoms with E-state index in [2.05, 4.69) is 27.9 Å². The van der Waals surface area contributed by atoms with Crippen LogP contribution in [0, 0.1) is 0 Å². The Kier molecular flexibility index (Phi) is 10.0. The number of alkyl halides is 4. The monoisotopic (exact) mass is 471 g/mol. The third-order valence-corrected chi connectivity index (χ3v) is 5.39. The van der Waals surface area contributed by atoms with Crippen LogP contribution in [0.2, 0.25) is 0 Å². The van der Waals surface area contributed by atoms with E-state index >= 15 is 0 Å². The average Bonchev–Trinajstić information content (AvgIpc) is 2.71. The highest BCUT2D eigenvalue weighted by Gasteiger charge is 2.30. The van der Waals surface area contributed by atoms with Crippen LogP contribution >= 0.6 is 15.9 Å². The minimum Gasteiger partial charge on any atom is -0.486 e. The van der Waals surface area contributed by atoms with Gasteiger partial charge in [-0.15, -0.1) is 0 Å². The Hall–Kier alpha value is -1.53. The molecule has 0 amide bonds. The minimum absolute atomic E-state index is 0.205. The highest BCUT2D eigenvalue weighted by atomic mass is 79.9. The van der Waals surface area contributed by atoms with Gasteiger partial charge in [0.2, 0.25) is 0 Å².